The monoisotopic (exact) mass is 345 g/mol. The lowest BCUT2D eigenvalue weighted by atomic mass is 10.2. The summed E-state index contributed by atoms with van der Waals surface area (Å²) >= 11 is 5.98. The summed E-state index contributed by atoms with van der Waals surface area (Å²) in [4.78, 5) is 4.72. The van der Waals surface area contributed by atoms with Crippen LogP contribution < -0.4 is 15.2 Å². The van der Waals surface area contributed by atoms with Gasteiger partial charge in [-0.05, 0) is 24.2 Å². The van der Waals surface area contributed by atoms with Crippen molar-refractivity contribution in [2.24, 2.45) is 5.73 Å². The second-order valence-electron chi connectivity index (χ2n) is 5.48. The number of methoxy groups -OCH3 is 2. The lowest BCUT2D eigenvalue weighted by Gasteiger charge is -2.11. The molecule has 0 saturated carbocycles. The van der Waals surface area contributed by atoms with Gasteiger partial charge in [0.1, 0.15) is 5.82 Å². The number of ether oxygens (including phenoxy) is 2. The first-order valence-electron chi connectivity index (χ1n) is 7.72. The number of rotatable bonds is 6. The van der Waals surface area contributed by atoms with Gasteiger partial charge < -0.3 is 19.8 Å². The number of aromatic nitrogens is 2. The summed E-state index contributed by atoms with van der Waals surface area (Å²) in [5.41, 5.74) is 8.76. The molecule has 2 N–H and O–H groups in total. The van der Waals surface area contributed by atoms with Crippen molar-refractivity contribution in [2.75, 3.05) is 20.8 Å². The Balaban J connectivity index is 2.11. The van der Waals surface area contributed by atoms with E-state index >= 15 is 0 Å². The summed E-state index contributed by atoms with van der Waals surface area (Å²) in [6.45, 7) is 1.23. The standard InChI is InChI=1S/C18H20ClN3O2/c1-23-16-9-14-15(10-17(16)24-2)22(18(21-14)7-8-20)11-12-3-5-13(19)6-4-12/h3-6,9-10H,7-8,11,20H2,1-2H3. The van der Waals surface area contributed by atoms with E-state index in [1.54, 1.807) is 14.2 Å². The van der Waals surface area contributed by atoms with Crippen LogP contribution in [0.15, 0.2) is 36.4 Å². The summed E-state index contributed by atoms with van der Waals surface area (Å²) in [6, 6.07) is 11.7. The van der Waals surface area contributed by atoms with Gasteiger partial charge in [0.15, 0.2) is 11.5 Å². The quantitative estimate of drug-likeness (QED) is 0.745. The van der Waals surface area contributed by atoms with Crippen LogP contribution in [0.1, 0.15) is 11.4 Å². The molecule has 0 fully saturated rings. The third-order valence-electron chi connectivity index (χ3n) is 3.95. The highest BCUT2D eigenvalue weighted by molar-refractivity contribution is 6.30. The average Bonchev–Trinajstić information content (AvgIpc) is 2.92. The van der Waals surface area contributed by atoms with Crippen molar-refractivity contribution in [3.8, 4) is 11.5 Å². The number of nitrogens with zero attached hydrogens (tertiary/aromatic N) is 2. The summed E-state index contributed by atoms with van der Waals surface area (Å²) in [5, 5.41) is 0.725. The largest absolute Gasteiger partial charge is 0.493 e. The van der Waals surface area contributed by atoms with E-state index in [1.165, 1.54) is 0 Å². The molecule has 1 aromatic heterocycles. The van der Waals surface area contributed by atoms with Crippen molar-refractivity contribution in [3.63, 3.8) is 0 Å². The van der Waals surface area contributed by atoms with Gasteiger partial charge in [0.25, 0.3) is 0 Å². The van der Waals surface area contributed by atoms with Crippen molar-refractivity contribution in [1.29, 1.82) is 0 Å². The van der Waals surface area contributed by atoms with Crippen molar-refractivity contribution in [2.45, 2.75) is 13.0 Å². The lowest BCUT2D eigenvalue weighted by molar-refractivity contribution is 0.355. The normalized spacial score (nSPS) is 11.0. The first-order chi connectivity index (χ1) is 11.7. The second kappa shape index (κ2) is 7.11. The fraction of sp³-hybridized carbons (Fsp3) is 0.278. The highest BCUT2D eigenvalue weighted by Gasteiger charge is 2.15. The topological polar surface area (TPSA) is 62.3 Å². The highest BCUT2D eigenvalue weighted by atomic mass is 35.5. The maximum Gasteiger partial charge on any atom is 0.163 e. The van der Waals surface area contributed by atoms with Crippen LogP contribution in [0, 0.1) is 0 Å². The first kappa shape index (κ1) is 16.6. The molecule has 0 aliphatic carbocycles. The third-order valence-corrected chi connectivity index (χ3v) is 4.21. The van der Waals surface area contributed by atoms with Gasteiger partial charge >= 0.3 is 0 Å². The van der Waals surface area contributed by atoms with Gasteiger partial charge in [0.05, 0.1) is 25.3 Å². The van der Waals surface area contributed by atoms with Crippen LogP contribution >= 0.6 is 11.6 Å². The van der Waals surface area contributed by atoms with E-state index in [9.17, 15) is 0 Å². The molecule has 6 heteroatoms. The SMILES string of the molecule is COc1cc2nc(CCN)n(Cc3ccc(Cl)cc3)c2cc1OC. The van der Waals surface area contributed by atoms with Crippen molar-refractivity contribution in [1.82, 2.24) is 9.55 Å². The van der Waals surface area contributed by atoms with E-state index in [1.807, 2.05) is 36.4 Å². The van der Waals surface area contributed by atoms with E-state index < -0.39 is 0 Å². The molecular weight excluding hydrogens is 326 g/mol. The van der Waals surface area contributed by atoms with Crippen molar-refractivity contribution in [3.05, 3.63) is 52.8 Å². The van der Waals surface area contributed by atoms with Crippen LogP contribution in [0.3, 0.4) is 0 Å². The minimum atomic E-state index is 0.540. The molecular formula is C18H20ClN3O2. The number of nitrogens with two attached hydrogens (primary N) is 1. The fourth-order valence-electron chi connectivity index (χ4n) is 2.77. The molecule has 3 aromatic rings. The zero-order valence-corrected chi connectivity index (χ0v) is 14.5. The van der Waals surface area contributed by atoms with Crippen molar-refractivity contribution < 1.29 is 9.47 Å². The van der Waals surface area contributed by atoms with Crippen LogP contribution in [0.2, 0.25) is 5.02 Å². The lowest BCUT2D eigenvalue weighted by Crippen LogP contribution is -2.11. The van der Waals surface area contributed by atoms with Crippen LogP contribution in [0.4, 0.5) is 0 Å². The van der Waals surface area contributed by atoms with Gasteiger partial charge in [-0.15, -0.1) is 0 Å². The fourth-order valence-corrected chi connectivity index (χ4v) is 2.90. The molecule has 5 nitrogen and oxygen atoms in total. The zero-order chi connectivity index (χ0) is 17.1. The molecule has 0 saturated heterocycles. The number of benzene rings is 2. The Morgan fingerprint density at radius 3 is 2.38 bits per heavy atom. The maximum atomic E-state index is 5.98. The molecule has 0 amide bonds. The number of fused-ring (bicyclic) bond motifs is 1. The van der Waals surface area contributed by atoms with Crippen LogP contribution in [0.5, 0.6) is 11.5 Å². The predicted octanol–water partition coefficient (Wildman–Crippen LogP) is 3.26. The molecule has 0 bridgehead atoms. The molecule has 24 heavy (non-hydrogen) atoms. The Hall–Kier alpha value is -2.24. The molecule has 0 spiro atoms. The smallest absolute Gasteiger partial charge is 0.163 e. The predicted molar refractivity (Wildman–Crippen MR) is 96.1 cm³/mol. The van der Waals surface area contributed by atoms with E-state index in [2.05, 4.69) is 4.57 Å². The summed E-state index contributed by atoms with van der Waals surface area (Å²) in [6.07, 6.45) is 0.701. The Kier molecular flexibility index (Phi) is 4.92. The minimum Gasteiger partial charge on any atom is -0.493 e. The molecule has 1 heterocycles. The highest BCUT2D eigenvalue weighted by Crippen LogP contribution is 2.32. The van der Waals surface area contributed by atoms with Crippen LogP contribution in [0.25, 0.3) is 11.0 Å². The van der Waals surface area contributed by atoms with E-state index in [-0.39, 0.29) is 0 Å². The zero-order valence-electron chi connectivity index (χ0n) is 13.8. The Bertz CT molecular complexity index is 844. The number of hydrogen-bond acceptors (Lipinski definition) is 4. The van der Waals surface area contributed by atoms with Gasteiger partial charge in [-0.25, -0.2) is 4.98 Å². The Morgan fingerprint density at radius 1 is 1.08 bits per heavy atom. The third kappa shape index (κ3) is 3.18. The van der Waals surface area contributed by atoms with Gasteiger partial charge in [-0.2, -0.15) is 0 Å². The molecule has 2 aromatic carbocycles. The van der Waals surface area contributed by atoms with Crippen molar-refractivity contribution >= 4 is 22.6 Å². The van der Waals surface area contributed by atoms with Gasteiger partial charge in [-0.1, -0.05) is 23.7 Å². The van der Waals surface area contributed by atoms with Gasteiger partial charge in [0, 0.05) is 30.1 Å². The number of imidazole rings is 1. The van der Waals surface area contributed by atoms with E-state index in [0.717, 1.165) is 27.4 Å². The maximum absolute atomic E-state index is 5.98. The summed E-state index contributed by atoms with van der Waals surface area (Å²) in [7, 11) is 3.25. The molecule has 0 radical (unpaired) electrons. The minimum absolute atomic E-state index is 0.540. The Morgan fingerprint density at radius 2 is 1.75 bits per heavy atom. The number of hydrogen-bond donors (Lipinski definition) is 1. The molecule has 0 aliphatic heterocycles. The van der Waals surface area contributed by atoms with E-state index in [4.69, 9.17) is 31.8 Å². The van der Waals surface area contributed by atoms with Crippen LogP contribution in [-0.2, 0) is 13.0 Å². The molecule has 126 valence electrons. The molecule has 3 rings (SSSR count). The molecule has 0 aliphatic rings. The second-order valence-corrected chi connectivity index (χ2v) is 5.91. The number of halogens is 1. The molecule has 0 unspecified atom stereocenters. The van der Waals surface area contributed by atoms with E-state index in [0.29, 0.717) is 31.0 Å². The first-order valence-corrected chi connectivity index (χ1v) is 8.09. The summed E-state index contributed by atoms with van der Waals surface area (Å²) < 4.78 is 13.0. The van der Waals surface area contributed by atoms with Gasteiger partial charge in [-0.3, -0.25) is 0 Å². The summed E-state index contributed by atoms with van der Waals surface area (Å²) in [5.74, 6) is 2.29. The Labute approximate surface area is 146 Å². The molecule has 0 atom stereocenters. The van der Waals surface area contributed by atoms with Crippen LogP contribution in [-0.4, -0.2) is 30.3 Å². The average molecular weight is 346 g/mol. The van der Waals surface area contributed by atoms with Gasteiger partial charge in [0.2, 0.25) is 0 Å².